The highest BCUT2D eigenvalue weighted by atomic mass is 19.1. The van der Waals surface area contributed by atoms with Crippen molar-refractivity contribution >= 4 is 11.4 Å². The van der Waals surface area contributed by atoms with Gasteiger partial charge >= 0.3 is 0 Å². The van der Waals surface area contributed by atoms with Crippen molar-refractivity contribution in [2.24, 2.45) is 0 Å². The molecule has 0 aromatic heterocycles. The zero-order valence-corrected chi connectivity index (χ0v) is 8.34. The lowest BCUT2D eigenvalue weighted by molar-refractivity contribution is 0.234. The van der Waals surface area contributed by atoms with E-state index < -0.39 is 11.4 Å². The fraction of sp³-hybridized carbons (Fsp3) is 0.400. The van der Waals surface area contributed by atoms with Crippen LogP contribution in [0.5, 0.6) is 0 Å². The fourth-order valence-electron chi connectivity index (χ4n) is 1.05. The lowest BCUT2D eigenvalue weighted by Gasteiger charge is -2.25. The van der Waals surface area contributed by atoms with Crippen molar-refractivity contribution < 1.29 is 9.50 Å². The topological polar surface area (TPSA) is 58.3 Å². The summed E-state index contributed by atoms with van der Waals surface area (Å²) < 4.78 is 13.4. The van der Waals surface area contributed by atoms with Crippen molar-refractivity contribution in [1.82, 2.24) is 0 Å². The maximum atomic E-state index is 13.4. The van der Waals surface area contributed by atoms with Gasteiger partial charge in [-0.3, -0.25) is 0 Å². The van der Waals surface area contributed by atoms with Crippen LogP contribution in [0.25, 0.3) is 0 Å². The van der Waals surface area contributed by atoms with Crippen molar-refractivity contribution in [3.8, 4) is 0 Å². The summed E-state index contributed by atoms with van der Waals surface area (Å²) in [6.45, 7) is 3.46. The van der Waals surface area contributed by atoms with E-state index in [0.29, 0.717) is 5.69 Å². The van der Waals surface area contributed by atoms with Gasteiger partial charge in [-0.2, -0.15) is 0 Å². The van der Waals surface area contributed by atoms with Gasteiger partial charge in [0, 0.05) is 0 Å². The number of nitrogens with one attached hydrogen (secondary N) is 1. The van der Waals surface area contributed by atoms with Crippen LogP contribution >= 0.6 is 0 Å². The Morgan fingerprint density at radius 1 is 1.50 bits per heavy atom. The molecule has 0 radical (unpaired) electrons. The van der Waals surface area contributed by atoms with Crippen LogP contribution in [0.1, 0.15) is 13.8 Å². The molecule has 1 aromatic carbocycles. The number of nitrogen functional groups attached to an aromatic ring is 1. The molecule has 0 heterocycles. The lowest BCUT2D eigenvalue weighted by Crippen LogP contribution is -2.35. The van der Waals surface area contributed by atoms with E-state index in [4.69, 9.17) is 10.8 Å². The molecule has 78 valence electrons. The third-order valence-electron chi connectivity index (χ3n) is 1.90. The minimum absolute atomic E-state index is 0.0821. The number of hydrogen-bond donors (Lipinski definition) is 3. The van der Waals surface area contributed by atoms with Crippen LogP contribution in [0.15, 0.2) is 18.2 Å². The van der Waals surface area contributed by atoms with Crippen molar-refractivity contribution in [1.29, 1.82) is 0 Å². The Labute approximate surface area is 82.7 Å². The molecule has 0 saturated heterocycles. The van der Waals surface area contributed by atoms with Gasteiger partial charge < -0.3 is 16.2 Å². The Hall–Kier alpha value is -1.29. The minimum Gasteiger partial charge on any atom is -0.396 e. The van der Waals surface area contributed by atoms with Gasteiger partial charge in [0.25, 0.3) is 0 Å². The maximum absolute atomic E-state index is 13.4. The zero-order valence-electron chi connectivity index (χ0n) is 8.34. The van der Waals surface area contributed by atoms with Crippen LogP contribution in [0.3, 0.4) is 0 Å². The molecule has 0 aliphatic rings. The molecule has 1 aromatic rings. The molecule has 0 saturated carbocycles. The third-order valence-corrected chi connectivity index (χ3v) is 1.90. The zero-order chi connectivity index (χ0) is 10.8. The van der Waals surface area contributed by atoms with Crippen molar-refractivity contribution in [3.63, 3.8) is 0 Å². The number of halogens is 1. The van der Waals surface area contributed by atoms with Crippen LogP contribution in [-0.4, -0.2) is 17.3 Å². The molecule has 0 aliphatic carbocycles. The highest BCUT2D eigenvalue weighted by Crippen LogP contribution is 2.22. The fourth-order valence-corrected chi connectivity index (χ4v) is 1.05. The first-order valence-corrected chi connectivity index (χ1v) is 4.39. The van der Waals surface area contributed by atoms with Crippen LogP contribution in [0, 0.1) is 5.82 Å². The van der Waals surface area contributed by atoms with E-state index in [0.717, 1.165) is 0 Å². The molecule has 0 atom stereocenters. The summed E-state index contributed by atoms with van der Waals surface area (Å²) in [5.41, 5.74) is 5.25. The van der Waals surface area contributed by atoms with Crippen molar-refractivity contribution in [3.05, 3.63) is 24.0 Å². The largest absolute Gasteiger partial charge is 0.396 e. The van der Waals surface area contributed by atoms with Crippen LogP contribution < -0.4 is 11.1 Å². The first-order chi connectivity index (χ1) is 6.46. The van der Waals surface area contributed by atoms with Gasteiger partial charge in [0.05, 0.1) is 23.5 Å². The summed E-state index contributed by atoms with van der Waals surface area (Å²) in [5.74, 6) is -0.478. The predicted molar refractivity (Wildman–Crippen MR) is 55.6 cm³/mol. The number of hydrogen-bond acceptors (Lipinski definition) is 3. The molecule has 0 amide bonds. The molecule has 0 unspecified atom stereocenters. The van der Waals surface area contributed by atoms with Gasteiger partial charge in [0.2, 0.25) is 0 Å². The molecule has 0 aliphatic heterocycles. The normalized spacial score (nSPS) is 11.4. The molecule has 4 N–H and O–H groups in total. The molecule has 0 spiro atoms. The second-order valence-corrected chi connectivity index (χ2v) is 3.88. The van der Waals surface area contributed by atoms with Crippen LogP contribution in [-0.2, 0) is 0 Å². The van der Waals surface area contributed by atoms with Gasteiger partial charge in [-0.1, -0.05) is 6.07 Å². The average Bonchev–Trinajstić information content (AvgIpc) is 2.13. The van der Waals surface area contributed by atoms with Crippen LogP contribution in [0.4, 0.5) is 15.8 Å². The quantitative estimate of drug-likeness (QED) is 0.646. The number of benzene rings is 1. The van der Waals surface area contributed by atoms with E-state index in [2.05, 4.69) is 5.32 Å². The number of anilines is 2. The predicted octanol–water partition coefficient (Wildman–Crippen LogP) is 1.59. The third kappa shape index (κ3) is 2.35. The summed E-state index contributed by atoms with van der Waals surface area (Å²) >= 11 is 0. The molecule has 14 heavy (non-hydrogen) atoms. The summed E-state index contributed by atoms with van der Waals surface area (Å²) in [5, 5.41) is 11.9. The standard InChI is InChI=1S/C10H15FN2O/c1-10(2,6-14)13-8-5-3-4-7(12)9(8)11/h3-5,13-14H,6,12H2,1-2H3. The highest BCUT2D eigenvalue weighted by Gasteiger charge is 2.18. The van der Waals surface area contributed by atoms with Gasteiger partial charge in [0.1, 0.15) is 0 Å². The Balaban J connectivity index is 2.92. The van der Waals surface area contributed by atoms with Gasteiger partial charge in [0.15, 0.2) is 5.82 Å². The SMILES string of the molecule is CC(C)(CO)Nc1cccc(N)c1F. The van der Waals surface area contributed by atoms with E-state index in [9.17, 15) is 4.39 Å². The van der Waals surface area contributed by atoms with Gasteiger partial charge in [-0.05, 0) is 26.0 Å². The number of nitrogens with two attached hydrogens (primary N) is 1. The monoisotopic (exact) mass is 198 g/mol. The van der Waals surface area contributed by atoms with Crippen LogP contribution in [0.2, 0.25) is 0 Å². The van der Waals surface area contributed by atoms with E-state index in [1.807, 2.05) is 0 Å². The Kier molecular flexibility index (Phi) is 2.96. The highest BCUT2D eigenvalue weighted by molar-refractivity contribution is 5.57. The summed E-state index contributed by atoms with van der Waals surface area (Å²) in [7, 11) is 0. The molecule has 4 heteroatoms. The van der Waals surface area contributed by atoms with Gasteiger partial charge in [-0.25, -0.2) is 4.39 Å². The second-order valence-electron chi connectivity index (χ2n) is 3.88. The average molecular weight is 198 g/mol. The number of rotatable bonds is 3. The van der Waals surface area contributed by atoms with E-state index in [-0.39, 0.29) is 12.3 Å². The van der Waals surface area contributed by atoms with E-state index in [1.54, 1.807) is 26.0 Å². The Bertz CT molecular complexity index is 326. The van der Waals surface area contributed by atoms with Crippen molar-refractivity contribution in [2.75, 3.05) is 17.7 Å². The molecule has 0 fully saturated rings. The number of aliphatic hydroxyl groups is 1. The number of aliphatic hydroxyl groups excluding tert-OH is 1. The Morgan fingerprint density at radius 2 is 2.14 bits per heavy atom. The smallest absolute Gasteiger partial charge is 0.169 e. The molecular weight excluding hydrogens is 183 g/mol. The first kappa shape index (κ1) is 10.8. The Morgan fingerprint density at radius 3 is 2.71 bits per heavy atom. The molecular formula is C10H15FN2O. The maximum Gasteiger partial charge on any atom is 0.169 e. The van der Waals surface area contributed by atoms with Crippen molar-refractivity contribution in [2.45, 2.75) is 19.4 Å². The summed E-state index contributed by atoms with van der Waals surface area (Å²) in [6.07, 6.45) is 0. The van der Waals surface area contributed by atoms with Gasteiger partial charge in [-0.15, -0.1) is 0 Å². The van der Waals surface area contributed by atoms with E-state index in [1.165, 1.54) is 6.07 Å². The molecule has 3 nitrogen and oxygen atoms in total. The van der Waals surface area contributed by atoms with E-state index >= 15 is 0 Å². The molecule has 0 bridgehead atoms. The lowest BCUT2D eigenvalue weighted by atomic mass is 10.1. The second kappa shape index (κ2) is 3.84. The minimum atomic E-state index is -0.561. The first-order valence-electron chi connectivity index (χ1n) is 4.39. The molecule has 1 rings (SSSR count). The summed E-state index contributed by atoms with van der Waals surface area (Å²) in [6, 6.07) is 4.74. The summed E-state index contributed by atoms with van der Waals surface area (Å²) in [4.78, 5) is 0.